The molecule has 30 heavy (non-hydrogen) atoms. The number of nitrogens with zero attached hydrogens (tertiary/aromatic N) is 5. The van der Waals surface area contributed by atoms with Crippen LogP contribution < -0.4 is 0 Å². The molecule has 0 saturated heterocycles. The monoisotopic (exact) mass is 395 g/mol. The molecule has 0 aliphatic rings. The molecule has 0 radical (unpaired) electrons. The van der Waals surface area contributed by atoms with Gasteiger partial charge in [-0.1, -0.05) is 0 Å². The van der Waals surface area contributed by atoms with Crippen LogP contribution in [0.2, 0.25) is 0 Å². The molecule has 0 amide bonds. The first kappa shape index (κ1) is 16.7. The third kappa shape index (κ3) is 2.40. The third-order valence-electron chi connectivity index (χ3n) is 5.51. The highest BCUT2D eigenvalue weighted by Crippen LogP contribution is 2.33. The van der Waals surface area contributed by atoms with E-state index >= 15 is 0 Å². The van der Waals surface area contributed by atoms with Gasteiger partial charge >= 0.3 is 0 Å². The lowest BCUT2D eigenvalue weighted by molar-refractivity contribution is 0.568. The molecule has 0 fully saturated rings. The summed E-state index contributed by atoms with van der Waals surface area (Å²) in [6, 6.07) is 9.95. The van der Waals surface area contributed by atoms with E-state index in [4.69, 9.17) is 9.40 Å². The number of fused-ring (bicyclic) bond motifs is 2. The van der Waals surface area contributed by atoms with Gasteiger partial charge in [-0.15, -0.1) is 0 Å². The van der Waals surface area contributed by atoms with Gasteiger partial charge in [0.25, 0.3) is 0 Å². The van der Waals surface area contributed by atoms with E-state index in [-0.39, 0.29) is 0 Å². The number of aromatic nitrogens is 7. The van der Waals surface area contributed by atoms with E-state index in [0.29, 0.717) is 0 Å². The SMILES string of the molecule is Cc1ncc(-c2ccc3[nH]nc(-c4cc5c(-c6ccoc6)ccnc5[nH]4)c3n2)n1C. The minimum absolute atomic E-state index is 0.752. The maximum atomic E-state index is 5.26. The Balaban J connectivity index is 1.53. The smallest absolute Gasteiger partial charge is 0.138 e. The molecule has 0 spiro atoms. The van der Waals surface area contributed by atoms with Crippen molar-refractivity contribution in [1.82, 2.24) is 34.7 Å². The molecule has 6 heterocycles. The number of nitrogens with one attached hydrogen (secondary N) is 2. The van der Waals surface area contributed by atoms with Crippen molar-refractivity contribution in [3.05, 3.63) is 61.1 Å². The van der Waals surface area contributed by atoms with Crippen molar-refractivity contribution in [3.8, 4) is 33.9 Å². The molecule has 6 aromatic heterocycles. The van der Waals surface area contributed by atoms with E-state index in [1.54, 1.807) is 18.7 Å². The predicted octanol–water partition coefficient (Wildman–Crippen LogP) is 4.47. The van der Waals surface area contributed by atoms with E-state index < -0.39 is 0 Å². The van der Waals surface area contributed by atoms with Crippen molar-refractivity contribution in [2.24, 2.45) is 7.05 Å². The lowest BCUT2D eigenvalue weighted by Crippen LogP contribution is -1.96. The maximum absolute atomic E-state index is 5.26. The summed E-state index contributed by atoms with van der Waals surface area (Å²) < 4.78 is 7.28. The average Bonchev–Trinajstić information content (AvgIpc) is 3.54. The van der Waals surface area contributed by atoms with E-state index in [1.807, 2.05) is 49.0 Å². The topological polar surface area (TPSA) is 101 Å². The van der Waals surface area contributed by atoms with Crippen LogP contribution in [0.3, 0.4) is 0 Å². The zero-order valence-corrected chi connectivity index (χ0v) is 16.3. The van der Waals surface area contributed by atoms with Crippen LogP contribution in [0.15, 0.2) is 59.7 Å². The summed E-state index contributed by atoms with van der Waals surface area (Å²) >= 11 is 0. The Morgan fingerprint density at radius 3 is 2.83 bits per heavy atom. The van der Waals surface area contributed by atoms with Crippen molar-refractivity contribution >= 4 is 22.1 Å². The first-order valence-corrected chi connectivity index (χ1v) is 9.53. The van der Waals surface area contributed by atoms with Crippen molar-refractivity contribution in [3.63, 3.8) is 0 Å². The standard InChI is InChI=1S/C22H17N7O/c1-12-24-10-19(29(12)2)16-3-4-17-20(25-16)21(28-27-17)18-9-15-14(13-6-8-30-11-13)5-7-23-22(15)26-18/h3-11H,1-2H3,(H,23,26)(H,27,28). The van der Waals surface area contributed by atoms with Gasteiger partial charge in [0, 0.05) is 24.2 Å². The molecule has 2 N–H and O–H groups in total. The van der Waals surface area contributed by atoms with Gasteiger partial charge in [0.05, 0.1) is 41.3 Å². The minimum atomic E-state index is 0.752. The molecule has 0 bridgehead atoms. The molecule has 0 aromatic carbocycles. The van der Waals surface area contributed by atoms with Crippen LogP contribution in [0.25, 0.3) is 56.0 Å². The fourth-order valence-electron chi connectivity index (χ4n) is 3.79. The normalized spacial score (nSPS) is 11.7. The summed E-state index contributed by atoms with van der Waals surface area (Å²) in [6.07, 6.45) is 7.03. The van der Waals surface area contributed by atoms with Gasteiger partial charge in [0.2, 0.25) is 0 Å². The number of pyridine rings is 2. The molecular formula is C22H17N7O. The molecule has 0 aliphatic carbocycles. The summed E-state index contributed by atoms with van der Waals surface area (Å²) in [5.74, 6) is 0.938. The zero-order chi connectivity index (χ0) is 20.2. The average molecular weight is 395 g/mol. The molecule has 0 unspecified atom stereocenters. The lowest BCUT2D eigenvalue weighted by Gasteiger charge is -2.03. The molecule has 6 aromatic rings. The first-order valence-electron chi connectivity index (χ1n) is 9.53. The second kappa shape index (κ2) is 6.15. The van der Waals surface area contributed by atoms with Crippen LogP contribution in [0.4, 0.5) is 0 Å². The predicted molar refractivity (Wildman–Crippen MR) is 114 cm³/mol. The molecule has 6 rings (SSSR count). The largest absolute Gasteiger partial charge is 0.472 e. The van der Waals surface area contributed by atoms with Gasteiger partial charge in [-0.05, 0) is 42.8 Å². The van der Waals surface area contributed by atoms with Crippen LogP contribution in [0.1, 0.15) is 5.82 Å². The van der Waals surface area contributed by atoms with Crippen LogP contribution >= 0.6 is 0 Å². The van der Waals surface area contributed by atoms with Crippen LogP contribution in [-0.2, 0) is 7.05 Å². The highest BCUT2D eigenvalue weighted by atomic mass is 16.3. The summed E-state index contributed by atoms with van der Waals surface area (Å²) in [5.41, 5.74) is 7.92. The van der Waals surface area contributed by atoms with Gasteiger partial charge in [-0.3, -0.25) is 5.10 Å². The Bertz CT molecular complexity index is 1520. The Kier molecular flexibility index (Phi) is 3.43. The summed E-state index contributed by atoms with van der Waals surface area (Å²) in [4.78, 5) is 17.1. The van der Waals surface area contributed by atoms with E-state index in [2.05, 4.69) is 31.2 Å². The summed E-state index contributed by atoms with van der Waals surface area (Å²) in [6.45, 7) is 1.97. The molecule has 0 saturated carbocycles. The van der Waals surface area contributed by atoms with E-state index in [1.165, 1.54) is 0 Å². The van der Waals surface area contributed by atoms with Gasteiger partial charge < -0.3 is 14.0 Å². The van der Waals surface area contributed by atoms with Gasteiger partial charge in [-0.2, -0.15) is 5.10 Å². The van der Waals surface area contributed by atoms with Crippen LogP contribution in [-0.4, -0.2) is 34.7 Å². The number of imidazole rings is 1. The fraction of sp³-hybridized carbons (Fsp3) is 0.0909. The number of H-pyrrole nitrogens is 2. The van der Waals surface area contributed by atoms with E-state index in [0.717, 1.165) is 61.8 Å². The quantitative estimate of drug-likeness (QED) is 0.460. The number of aryl methyl sites for hydroxylation is 1. The number of aromatic amines is 2. The van der Waals surface area contributed by atoms with Gasteiger partial charge in [0.15, 0.2) is 0 Å². The van der Waals surface area contributed by atoms with Gasteiger partial charge in [0.1, 0.15) is 22.7 Å². The molecule has 8 nitrogen and oxygen atoms in total. The second-order valence-corrected chi connectivity index (χ2v) is 7.23. The molecule has 8 heteroatoms. The van der Waals surface area contributed by atoms with Crippen LogP contribution in [0.5, 0.6) is 0 Å². The third-order valence-corrected chi connectivity index (χ3v) is 5.51. The van der Waals surface area contributed by atoms with Crippen LogP contribution in [0, 0.1) is 6.92 Å². The Labute approximate surface area is 170 Å². The maximum Gasteiger partial charge on any atom is 0.138 e. The summed E-state index contributed by atoms with van der Waals surface area (Å²) in [7, 11) is 1.99. The molecule has 0 aliphatic heterocycles. The minimum Gasteiger partial charge on any atom is -0.472 e. The highest BCUT2D eigenvalue weighted by Gasteiger charge is 2.17. The van der Waals surface area contributed by atoms with E-state index in [9.17, 15) is 0 Å². The number of hydrogen-bond donors (Lipinski definition) is 2. The number of furan rings is 1. The first-order chi connectivity index (χ1) is 14.7. The summed E-state index contributed by atoms with van der Waals surface area (Å²) in [5, 5.41) is 8.61. The highest BCUT2D eigenvalue weighted by molar-refractivity contribution is 5.98. The molecule has 146 valence electrons. The van der Waals surface area contributed by atoms with Crippen molar-refractivity contribution < 1.29 is 4.42 Å². The van der Waals surface area contributed by atoms with Crippen molar-refractivity contribution in [2.45, 2.75) is 6.92 Å². The second-order valence-electron chi connectivity index (χ2n) is 7.23. The number of hydrogen-bond acceptors (Lipinski definition) is 5. The van der Waals surface area contributed by atoms with Gasteiger partial charge in [-0.25, -0.2) is 15.0 Å². The van der Waals surface area contributed by atoms with Crippen molar-refractivity contribution in [2.75, 3.05) is 0 Å². The fourth-order valence-corrected chi connectivity index (χ4v) is 3.79. The molecule has 0 atom stereocenters. The Hall–Kier alpha value is -4.20. The zero-order valence-electron chi connectivity index (χ0n) is 16.3. The Morgan fingerprint density at radius 2 is 2.03 bits per heavy atom. The Morgan fingerprint density at radius 1 is 1.10 bits per heavy atom. The van der Waals surface area contributed by atoms with Crippen molar-refractivity contribution in [1.29, 1.82) is 0 Å². The number of rotatable bonds is 3. The molecular weight excluding hydrogens is 378 g/mol. The lowest BCUT2D eigenvalue weighted by atomic mass is 10.1.